The predicted octanol–water partition coefficient (Wildman–Crippen LogP) is 1.16. The summed E-state index contributed by atoms with van der Waals surface area (Å²) < 4.78 is 24.2. The third kappa shape index (κ3) is 2.24. The van der Waals surface area contributed by atoms with E-state index in [1.54, 1.807) is 6.92 Å². The fourth-order valence-corrected chi connectivity index (χ4v) is 4.18. The Morgan fingerprint density at radius 2 is 2.28 bits per heavy atom. The molecule has 1 fully saturated rings. The van der Waals surface area contributed by atoms with E-state index >= 15 is 0 Å². The molecular formula is C10H13ClN2O4S. The van der Waals surface area contributed by atoms with Gasteiger partial charge in [-0.2, -0.15) is 5.10 Å². The van der Waals surface area contributed by atoms with Crippen LogP contribution in [0.4, 0.5) is 0 Å². The number of halogens is 1. The Kier molecular flexibility index (Phi) is 3.37. The molecule has 0 radical (unpaired) electrons. The van der Waals surface area contributed by atoms with Crippen molar-refractivity contribution < 1.29 is 18.3 Å². The summed E-state index contributed by atoms with van der Waals surface area (Å²) in [6.45, 7) is 1.78. The summed E-state index contributed by atoms with van der Waals surface area (Å²) in [6, 6.07) is -0.360. The summed E-state index contributed by atoms with van der Waals surface area (Å²) in [5, 5.41) is 13.2. The standard InChI is InChI=1S/C10H13ClN2O4S/c1-2-7-8(10(14)15)9(11)13(12-7)6-3-4-18(16,17)5-6/h6H,2-5H2,1H3,(H,14,15)/t6-/m0/s1. The molecular weight excluding hydrogens is 280 g/mol. The van der Waals surface area contributed by atoms with Crippen LogP contribution in [0.2, 0.25) is 5.15 Å². The number of nitrogens with zero attached hydrogens (tertiary/aromatic N) is 2. The maximum Gasteiger partial charge on any atom is 0.340 e. The Morgan fingerprint density at radius 3 is 2.67 bits per heavy atom. The third-order valence-corrected chi connectivity index (χ3v) is 5.14. The first-order chi connectivity index (χ1) is 8.35. The number of aryl methyl sites for hydroxylation is 1. The Labute approximate surface area is 109 Å². The molecule has 0 aliphatic carbocycles. The van der Waals surface area contributed by atoms with Crippen LogP contribution in [0, 0.1) is 0 Å². The highest BCUT2D eigenvalue weighted by molar-refractivity contribution is 7.91. The van der Waals surface area contributed by atoms with E-state index in [0.29, 0.717) is 18.5 Å². The molecule has 6 nitrogen and oxygen atoms in total. The van der Waals surface area contributed by atoms with Crippen molar-refractivity contribution in [1.29, 1.82) is 0 Å². The second-order valence-corrected chi connectivity index (χ2v) is 6.86. The van der Waals surface area contributed by atoms with Crippen LogP contribution >= 0.6 is 11.6 Å². The molecule has 1 aromatic heterocycles. The first-order valence-electron chi connectivity index (χ1n) is 5.56. The molecule has 1 N–H and O–H groups in total. The minimum absolute atomic E-state index is 0.0152. The normalized spacial score (nSPS) is 22.2. The monoisotopic (exact) mass is 292 g/mol. The number of hydrogen-bond donors (Lipinski definition) is 1. The van der Waals surface area contributed by atoms with Gasteiger partial charge in [-0.3, -0.25) is 0 Å². The number of carbonyl (C=O) groups is 1. The van der Waals surface area contributed by atoms with Crippen molar-refractivity contribution in [1.82, 2.24) is 9.78 Å². The van der Waals surface area contributed by atoms with Crippen molar-refractivity contribution >= 4 is 27.4 Å². The van der Waals surface area contributed by atoms with Crippen LogP contribution < -0.4 is 0 Å². The summed E-state index contributed by atoms with van der Waals surface area (Å²) in [7, 11) is -3.06. The van der Waals surface area contributed by atoms with Crippen LogP contribution in [0.1, 0.15) is 35.4 Å². The molecule has 2 rings (SSSR count). The van der Waals surface area contributed by atoms with Crippen molar-refractivity contribution in [3.05, 3.63) is 16.4 Å². The zero-order chi connectivity index (χ0) is 13.5. The van der Waals surface area contributed by atoms with Gasteiger partial charge in [0.05, 0.1) is 23.2 Å². The first-order valence-corrected chi connectivity index (χ1v) is 7.76. The molecule has 8 heteroatoms. The highest BCUT2D eigenvalue weighted by atomic mass is 35.5. The van der Waals surface area contributed by atoms with Crippen molar-refractivity contribution in [2.45, 2.75) is 25.8 Å². The molecule has 0 amide bonds. The van der Waals surface area contributed by atoms with Crippen LogP contribution in [0.25, 0.3) is 0 Å². The van der Waals surface area contributed by atoms with Crippen LogP contribution in [-0.2, 0) is 16.3 Å². The quantitative estimate of drug-likeness (QED) is 0.903. The van der Waals surface area contributed by atoms with Gasteiger partial charge in [-0.15, -0.1) is 0 Å². The van der Waals surface area contributed by atoms with Gasteiger partial charge in [0.1, 0.15) is 10.7 Å². The fourth-order valence-electron chi connectivity index (χ4n) is 2.13. The maximum absolute atomic E-state index is 11.4. The summed E-state index contributed by atoms with van der Waals surface area (Å²) in [4.78, 5) is 11.1. The summed E-state index contributed by atoms with van der Waals surface area (Å²) >= 11 is 6.00. The van der Waals surface area contributed by atoms with E-state index in [1.165, 1.54) is 4.68 Å². The smallest absolute Gasteiger partial charge is 0.340 e. The number of aromatic carboxylic acids is 1. The molecule has 2 heterocycles. The molecule has 1 saturated heterocycles. The zero-order valence-electron chi connectivity index (χ0n) is 9.76. The SMILES string of the molecule is CCc1nn([C@H]2CCS(=O)(=O)C2)c(Cl)c1C(=O)O. The van der Waals surface area contributed by atoms with Gasteiger partial charge in [0.15, 0.2) is 9.84 Å². The molecule has 1 aliphatic rings. The zero-order valence-corrected chi connectivity index (χ0v) is 11.3. The average Bonchev–Trinajstić information content (AvgIpc) is 2.78. The van der Waals surface area contributed by atoms with E-state index in [4.69, 9.17) is 16.7 Å². The summed E-state index contributed by atoms with van der Waals surface area (Å²) in [6.07, 6.45) is 0.861. The second-order valence-electron chi connectivity index (χ2n) is 4.27. The van der Waals surface area contributed by atoms with Crippen LogP contribution in [-0.4, -0.2) is 40.8 Å². The Morgan fingerprint density at radius 1 is 1.61 bits per heavy atom. The lowest BCUT2D eigenvalue weighted by atomic mass is 10.2. The largest absolute Gasteiger partial charge is 0.478 e. The fraction of sp³-hybridized carbons (Fsp3) is 0.600. The Balaban J connectivity index is 2.44. The number of aromatic nitrogens is 2. The molecule has 0 bridgehead atoms. The van der Waals surface area contributed by atoms with Gasteiger partial charge in [-0.05, 0) is 12.8 Å². The van der Waals surface area contributed by atoms with Crippen molar-refractivity contribution in [2.75, 3.05) is 11.5 Å². The number of rotatable bonds is 3. The Hall–Kier alpha value is -1.08. The molecule has 0 saturated carbocycles. The van der Waals surface area contributed by atoms with Crippen LogP contribution in [0.15, 0.2) is 0 Å². The van der Waals surface area contributed by atoms with Gasteiger partial charge in [-0.1, -0.05) is 18.5 Å². The topological polar surface area (TPSA) is 89.3 Å². The maximum atomic E-state index is 11.4. The lowest BCUT2D eigenvalue weighted by molar-refractivity contribution is 0.0696. The lowest BCUT2D eigenvalue weighted by Gasteiger charge is -2.09. The molecule has 0 aromatic carbocycles. The molecule has 18 heavy (non-hydrogen) atoms. The van der Waals surface area contributed by atoms with Crippen molar-refractivity contribution in [2.24, 2.45) is 0 Å². The van der Waals surface area contributed by atoms with E-state index in [9.17, 15) is 13.2 Å². The lowest BCUT2D eigenvalue weighted by Crippen LogP contribution is -2.13. The van der Waals surface area contributed by atoms with E-state index in [2.05, 4.69) is 5.10 Å². The number of carboxylic acids is 1. The van der Waals surface area contributed by atoms with Gasteiger partial charge < -0.3 is 5.11 Å². The minimum Gasteiger partial charge on any atom is -0.478 e. The summed E-state index contributed by atoms with van der Waals surface area (Å²) in [5.41, 5.74) is 0.361. The van der Waals surface area contributed by atoms with E-state index in [0.717, 1.165) is 0 Å². The van der Waals surface area contributed by atoms with Gasteiger partial charge in [0, 0.05) is 0 Å². The minimum atomic E-state index is -3.06. The molecule has 0 spiro atoms. The second kappa shape index (κ2) is 4.55. The molecule has 100 valence electrons. The average molecular weight is 293 g/mol. The molecule has 1 atom stereocenters. The molecule has 1 aliphatic heterocycles. The van der Waals surface area contributed by atoms with E-state index < -0.39 is 15.8 Å². The van der Waals surface area contributed by atoms with Crippen LogP contribution in [0.3, 0.4) is 0 Å². The predicted molar refractivity (Wildman–Crippen MR) is 65.9 cm³/mol. The highest BCUT2D eigenvalue weighted by Gasteiger charge is 2.33. The number of hydrogen-bond acceptors (Lipinski definition) is 4. The number of carboxylic acid groups (broad SMARTS) is 1. The van der Waals surface area contributed by atoms with Gasteiger partial charge in [-0.25, -0.2) is 17.9 Å². The van der Waals surface area contributed by atoms with Crippen molar-refractivity contribution in [3.63, 3.8) is 0 Å². The van der Waals surface area contributed by atoms with Gasteiger partial charge in [0.25, 0.3) is 0 Å². The Bertz CT molecular complexity index is 593. The van der Waals surface area contributed by atoms with Gasteiger partial charge in [0.2, 0.25) is 0 Å². The van der Waals surface area contributed by atoms with Gasteiger partial charge >= 0.3 is 5.97 Å². The molecule has 1 aromatic rings. The first kappa shape index (κ1) is 13.4. The van der Waals surface area contributed by atoms with Crippen LogP contribution in [0.5, 0.6) is 0 Å². The van der Waals surface area contributed by atoms with Crippen molar-refractivity contribution in [3.8, 4) is 0 Å². The summed E-state index contributed by atoms with van der Waals surface area (Å²) in [5.74, 6) is -1.07. The number of sulfone groups is 1. The third-order valence-electron chi connectivity index (χ3n) is 3.03. The van der Waals surface area contributed by atoms with E-state index in [1.807, 2.05) is 0 Å². The highest BCUT2D eigenvalue weighted by Crippen LogP contribution is 2.30. The van der Waals surface area contributed by atoms with E-state index in [-0.39, 0.29) is 28.3 Å². The molecule has 0 unspecified atom stereocenters.